The molecule has 7 heteroatoms. The van der Waals surface area contributed by atoms with Crippen LogP contribution in [0.4, 0.5) is 0 Å². The first-order chi connectivity index (χ1) is 5.82. The van der Waals surface area contributed by atoms with Crippen LogP contribution in [-0.4, -0.2) is 33.7 Å². The van der Waals surface area contributed by atoms with Crippen LogP contribution < -0.4 is 0 Å². The van der Waals surface area contributed by atoms with Gasteiger partial charge in [0, 0.05) is 5.57 Å². The van der Waals surface area contributed by atoms with Crippen molar-refractivity contribution in [2.24, 2.45) is 0 Å². The number of carbonyl (C=O) groups is 1. The van der Waals surface area contributed by atoms with Crippen LogP contribution in [0.5, 0.6) is 0 Å². The van der Waals surface area contributed by atoms with Crippen LogP contribution in [0.15, 0.2) is 12.2 Å². The van der Waals surface area contributed by atoms with Gasteiger partial charge in [0.25, 0.3) is 0 Å². The summed E-state index contributed by atoms with van der Waals surface area (Å²) in [6, 6.07) is 0. The second kappa shape index (κ2) is 7.67. The Bertz CT molecular complexity index is 224. The molecule has 0 spiro atoms. The van der Waals surface area contributed by atoms with E-state index in [1.54, 1.807) is 0 Å². The lowest BCUT2D eigenvalue weighted by atomic mass is 10.4. The summed E-state index contributed by atoms with van der Waals surface area (Å²) in [4.78, 5) is 9.60. The molecule has 0 bridgehead atoms. The number of aliphatic hydroxyl groups is 2. The molecule has 0 aromatic carbocycles. The highest BCUT2D eigenvalue weighted by Gasteiger charge is 2.04. The molecule has 0 saturated carbocycles. The van der Waals surface area contributed by atoms with Crippen molar-refractivity contribution in [2.45, 2.75) is 12.8 Å². The molecule has 0 rings (SSSR count). The molecular weight excluding hydrogens is 199 g/mol. The zero-order chi connectivity index (χ0) is 11.0. The Kier molecular flexibility index (Phi) is 8.58. The average molecular weight is 210 g/mol. The Morgan fingerprint density at radius 2 is 1.85 bits per heavy atom. The molecule has 0 aliphatic rings. The molecular formula is C6H11O6P. The third-order valence-electron chi connectivity index (χ3n) is 0.772. The van der Waals surface area contributed by atoms with E-state index in [0.717, 1.165) is 0 Å². The second-order valence-electron chi connectivity index (χ2n) is 2.03. The largest absolute Gasteiger partial charge is 0.478 e. The van der Waals surface area contributed by atoms with Gasteiger partial charge in [-0.1, -0.05) is 6.58 Å². The first-order valence-electron chi connectivity index (χ1n) is 3.14. The summed E-state index contributed by atoms with van der Waals surface area (Å²) < 4.78 is 19.1. The topological polar surface area (TPSA) is 112 Å². The maximum atomic E-state index is 9.60. The van der Waals surface area contributed by atoms with Crippen LogP contribution in [0, 0.1) is 0 Å². The van der Waals surface area contributed by atoms with E-state index in [0.29, 0.717) is 0 Å². The molecule has 0 aliphatic carbocycles. The maximum absolute atomic E-state index is 9.60. The first-order valence-corrected chi connectivity index (χ1v) is 4.38. The second-order valence-corrected chi connectivity index (χ2v) is 3.20. The maximum Gasteiger partial charge on any atom is 0.347 e. The van der Waals surface area contributed by atoms with Crippen molar-refractivity contribution in [1.82, 2.24) is 0 Å². The zero-order valence-corrected chi connectivity index (χ0v) is 7.90. The summed E-state index contributed by atoms with van der Waals surface area (Å²) in [6.07, 6.45) is 0. The standard InChI is InChI=1S/C4H6O2.C2H5O4P/c1-3(2)4(5)6;3-1-2(4)7(5)6/h1H2,2H3,(H,5,6);2-4H,1H2. The summed E-state index contributed by atoms with van der Waals surface area (Å²) in [6.45, 7) is 3.88. The third kappa shape index (κ3) is 11.0. The SMILES string of the molecule is C=C(C)C(=O)O.O=P(=O)C(O)CO. The number of aliphatic hydroxyl groups excluding tert-OH is 2. The minimum atomic E-state index is -2.86. The molecule has 0 amide bonds. The van der Waals surface area contributed by atoms with Crippen molar-refractivity contribution >= 4 is 13.6 Å². The van der Waals surface area contributed by atoms with Crippen LogP contribution in [0.3, 0.4) is 0 Å². The van der Waals surface area contributed by atoms with Crippen molar-refractivity contribution in [3.05, 3.63) is 12.2 Å². The van der Waals surface area contributed by atoms with Gasteiger partial charge in [0.1, 0.15) is 0 Å². The lowest BCUT2D eigenvalue weighted by Crippen LogP contribution is -2.02. The van der Waals surface area contributed by atoms with Crippen LogP contribution in [0.1, 0.15) is 6.92 Å². The van der Waals surface area contributed by atoms with E-state index >= 15 is 0 Å². The molecule has 0 aromatic rings. The number of aliphatic carboxylic acids is 1. The third-order valence-corrected chi connectivity index (χ3v) is 1.42. The summed E-state index contributed by atoms with van der Waals surface area (Å²) in [5, 5.41) is 23.9. The molecule has 3 N–H and O–H groups in total. The van der Waals surface area contributed by atoms with E-state index in [1.165, 1.54) is 6.92 Å². The van der Waals surface area contributed by atoms with Crippen LogP contribution in [0.25, 0.3) is 0 Å². The Hall–Kier alpha value is -0.970. The fourth-order valence-electron chi connectivity index (χ4n) is 0.0667. The number of hydrogen-bond donors (Lipinski definition) is 3. The Balaban J connectivity index is 0. The molecule has 0 heterocycles. The van der Waals surface area contributed by atoms with E-state index in [1.807, 2.05) is 0 Å². The van der Waals surface area contributed by atoms with Gasteiger partial charge in [0.05, 0.1) is 6.61 Å². The molecule has 6 nitrogen and oxygen atoms in total. The molecule has 0 aromatic heterocycles. The molecule has 0 fully saturated rings. The van der Waals surface area contributed by atoms with Crippen molar-refractivity contribution < 1.29 is 29.2 Å². The molecule has 1 atom stereocenters. The monoisotopic (exact) mass is 210 g/mol. The van der Waals surface area contributed by atoms with Crippen molar-refractivity contribution in [2.75, 3.05) is 6.61 Å². The van der Waals surface area contributed by atoms with E-state index in [-0.39, 0.29) is 5.57 Å². The highest BCUT2D eigenvalue weighted by Crippen LogP contribution is 2.08. The van der Waals surface area contributed by atoms with Crippen LogP contribution in [0.2, 0.25) is 0 Å². The van der Waals surface area contributed by atoms with Gasteiger partial charge in [-0.05, 0) is 6.92 Å². The van der Waals surface area contributed by atoms with Gasteiger partial charge in [-0.25, -0.2) is 13.9 Å². The van der Waals surface area contributed by atoms with E-state index in [2.05, 4.69) is 6.58 Å². The lowest BCUT2D eigenvalue weighted by molar-refractivity contribution is -0.132. The lowest BCUT2D eigenvalue weighted by Gasteiger charge is -1.88. The van der Waals surface area contributed by atoms with Gasteiger partial charge in [-0.3, -0.25) is 0 Å². The molecule has 0 aliphatic heterocycles. The minimum Gasteiger partial charge on any atom is -0.478 e. The average Bonchev–Trinajstić information content (AvgIpc) is 2.03. The first kappa shape index (κ1) is 14.5. The summed E-state index contributed by atoms with van der Waals surface area (Å²) in [5.41, 5.74) is 0.176. The predicted molar refractivity (Wildman–Crippen MR) is 43.8 cm³/mol. The Morgan fingerprint density at radius 3 is 1.85 bits per heavy atom. The van der Waals surface area contributed by atoms with Crippen LogP contribution >= 0.6 is 7.68 Å². The van der Waals surface area contributed by atoms with Gasteiger partial charge in [0.2, 0.25) is 0 Å². The number of carboxylic acid groups (broad SMARTS) is 1. The van der Waals surface area contributed by atoms with Crippen molar-refractivity contribution in [1.29, 1.82) is 0 Å². The van der Waals surface area contributed by atoms with Gasteiger partial charge in [-0.15, -0.1) is 0 Å². The fourth-order valence-corrected chi connectivity index (χ4v) is 0.200. The summed E-state index contributed by atoms with van der Waals surface area (Å²) >= 11 is 0. The Labute approximate surface area is 75.3 Å². The minimum absolute atomic E-state index is 0.176. The summed E-state index contributed by atoms with van der Waals surface area (Å²) in [7, 11) is -2.86. The summed E-state index contributed by atoms with van der Waals surface area (Å²) in [5.74, 6) is -2.52. The molecule has 1 unspecified atom stereocenters. The smallest absolute Gasteiger partial charge is 0.347 e. The molecule has 0 saturated heterocycles. The predicted octanol–water partition coefficient (Wildman–Crippen LogP) is 0.117. The van der Waals surface area contributed by atoms with Gasteiger partial charge in [0.15, 0.2) is 5.85 Å². The van der Waals surface area contributed by atoms with E-state index in [9.17, 15) is 13.9 Å². The van der Waals surface area contributed by atoms with Crippen molar-refractivity contribution in [3.8, 4) is 0 Å². The fraction of sp³-hybridized carbons (Fsp3) is 0.500. The Morgan fingerprint density at radius 1 is 1.54 bits per heavy atom. The normalized spacial score (nSPS) is 10.7. The zero-order valence-electron chi connectivity index (χ0n) is 7.01. The molecule has 0 radical (unpaired) electrons. The van der Waals surface area contributed by atoms with Gasteiger partial charge in [-0.2, -0.15) is 0 Å². The van der Waals surface area contributed by atoms with E-state index < -0.39 is 26.1 Å². The molecule has 76 valence electrons. The highest BCUT2D eigenvalue weighted by molar-refractivity contribution is 7.31. The number of rotatable bonds is 3. The quantitative estimate of drug-likeness (QED) is 0.450. The van der Waals surface area contributed by atoms with Gasteiger partial charge >= 0.3 is 13.6 Å². The van der Waals surface area contributed by atoms with Gasteiger partial charge < -0.3 is 15.3 Å². The van der Waals surface area contributed by atoms with Crippen LogP contribution in [-0.2, 0) is 13.9 Å². The number of hydrogen-bond acceptors (Lipinski definition) is 5. The highest BCUT2D eigenvalue weighted by atomic mass is 31.1. The van der Waals surface area contributed by atoms with E-state index in [4.69, 9.17) is 15.3 Å². The molecule has 13 heavy (non-hydrogen) atoms. The van der Waals surface area contributed by atoms with Crippen molar-refractivity contribution in [3.63, 3.8) is 0 Å². The number of carboxylic acids is 1.